The normalized spacial score (nSPS) is 11.7. The predicted octanol–water partition coefficient (Wildman–Crippen LogP) is 5.00. The summed E-state index contributed by atoms with van der Waals surface area (Å²) < 4.78 is 24.3. The lowest BCUT2D eigenvalue weighted by Gasteiger charge is -2.19. The molecule has 2 rings (SSSR count). The van der Waals surface area contributed by atoms with E-state index in [0.29, 0.717) is 27.8 Å². The number of carbonyl (C=O) groups excluding carboxylic acids is 1. The summed E-state index contributed by atoms with van der Waals surface area (Å²) in [5.41, 5.74) is 1.36. The van der Waals surface area contributed by atoms with E-state index >= 15 is 0 Å². The zero-order valence-electron chi connectivity index (χ0n) is 15.6. The Kier molecular flexibility index (Phi) is 8.25. The van der Waals surface area contributed by atoms with Crippen molar-refractivity contribution in [3.63, 3.8) is 0 Å². The molecule has 4 nitrogen and oxygen atoms in total. The van der Waals surface area contributed by atoms with Crippen LogP contribution in [0.15, 0.2) is 36.4 Å². The first kappa shape index (κ1) is 21.4. The van der Waals surface area contributed by atoms with Crippen molar-refractivity contribution in [3.05, 3.63) is 58.4 Å². The summed E-state index contributed by atoms with van der Waals surface area (Å²) in [5.74, 6) is 1.34. The lowest BCUT2D eigenvalue weighted by atomic mass is 10.0. The Morgan fingerprint density at radius 2 is 1.96 bits per heavy atom. The smallest absolute Gasteiger partial charge is 0.230 e. The van der Waals surface area contributed by atoms with Gasteiger partial charge in [0, 0.05) is 16.3 Å². The van der Waals surface area contributed by atoms with E-state index in [2.05, 4.69) is 5.32 Å². The van der Waals surface area contributed by atoms with Crippen molar-refractivity contribution in [1.82, 2.24) is 5.32 Å². The van der Waals surface area contributed by atoms with Gasteiger partial charge in [-0.1, -0.05) is 30.7 Å². The number of hydrogen-bond acceptors (Lipinski definition) is 4. The molecule has 1 atom stereocenters. The highest BCUT2D eigenvalue weighted by Crippen LogP contribution is 2.31. The summed E-state index contributed by atoms with van der Waals surface area (Å²) in [6.07, 6.45) is 0.727. The summed E-state index contributed by atoms with van der Waals surface area (Å²) in [5, 5.41) is 3.38. The van der Waals surface area contributed by atoms with Gasteiger partial charge in [-0.05, 0) is 36.2 Å². The van der Waals surface area contributed by atoms with Crippen molar-refractivity contribution in [1.29, 1.82) is 0 Å². The summed E-state index contributed by atoms with van der Waals surface area (Å²) in [6.45, 7) is 1.99. The van der Waals surface area contributed by atoms with Crippen LogP contribution in [0.1, 0.15) is 30.5 Å². The number of carbonyl (C=O) groups is 1. The Morgan fingerprint density at radius 3 is 2.59 bits per heavy atom. The molecule has 146 valence electrons. The van der Waals surface area contributed by atoms with Gasteiger partial charge in [0.2, 0.25) is 5.91 Å². The Hall–Kier alpha value is -1.92. The molecular weight excluding hydrogens is 389 g/mol. The van der Waals surface area contributed by atoms with Crippen molar-refractivity contribution in [2.75, 3.05) is 20.0 Å². The molecule has 0 saturated carbocycles. The third-order valence-electron chi connectivity index (χ3n) is 4.09. The number of hydrogen-bond donors (Lipinski definition) is 1. The van der Waals surface area contributed by atoms with Gasteiger partial charge in [0.1, 0.15) is 5.82 Å². The van der Waals surface area contributed by atoms with E-state index in [1.807, 2.05) is 25.1 Å². The highest BCUT2D eigenvalue weighted by Gasteiger charge is 2.16. The predicted molar refractivity (Wildman–Crippen MR) is 108 cm³/mol. The second-order valence-electron chi connectivity index (χ2n) is 5.84. The van der Waals surface area contributed by atoms with E-state index in [9.17, 15) is 9.18 Å². The molecule has 1 unspecified atom stereocenters. The van der Waals surface area contributed by atoms with Crippen molar-refractivity contribution >= 4 is 29.3 Å². The molecule has 0 heterocycles. The fourth-order valence-corrected chi connectivity index (χ4v) is 3.82. The molecule has 0 radical (unpaired) electrons. The maximum absolute atomic E-state index is 13.8. The van der Waals surface area contributed by atoms with Gasteiger partial charge >= 0.3 is 0 Å². The number of amides is 1. The zero-order chi connectivity index (χ0) is 19.8. The van der Waals surface area contributed by atoms with Crippen LogP contribution in [0, 0.1) is 5.82 Å². The molecule has 0 saturated heterocycles. The minimum atomic E-state index is -0.354. The Morgan fingerprint density at radius 1 is 1.22 bits per heavy atom. The molecule has 0 aromatic heterocycles. The monoisotopic (exact) mass is 411 g/mol. The molecule has 0 aliphatic rings. The molecule has 2 aromatic carbocycles. The highest BCUT2D eigenvalue weighted by molar-refractivity contribution is 7.99. The summed E-state index contributed by atoms with van der Waals surface area (Å²) in [4.78, 5) is 12.3. The van der Waals surface area contributed by atoms with E-state index in [-0.39, 0.29) is 23.5 Å². The first-order chi connectivity index (χ1) is 13.0. The molecule has 7 heteroatoms. The van der Waals surface area contributed by atoms with Gasteiger partial charge in [0.05, 0.1) is 26.0 Å². The van der Waals surface area contributed by atoms with Crippen LogP contribution in [-0.2, 0) is 10.5 Å². The largest absolute Gasteiger partial charge is 0.493 e. The van der Waals surface area contributed by atoms with Gasteiger partial charge in [-0.3, -0.25) is 4.79 Å². The number of halogens is 2. The van der Waals surface area contributed by atoms with Gasteiger partial charge < -0.3 is 14.8 Å². The lowest BCUT2D eigenvalue weighted by Crippen LogP contribution is -2.29. The lowest BCUT2D eigenvalue weighted by molar-refractivity contribution is -0.119. The first-order valence-electron chi connectivity index (χ1n) is 8.52. The zero-order valence-corrected chi connectivity index (χ0v) is 17.1. The minimum Gasteiger partial charge on any atom is -0.493 e. The van der Waals surface area contributed by atoms with Crippen molar-refractivity contribution in [2.45, 2.75) is 25.1 Å². The number of methoxy groups -OCH3 is 2. The van der Waals surface area contributed by atoms with Gasteiger partial charge in [0.15, 0.2) is 11.5 Å². The molecule has 1 N–H and O–H groups in total. The third kappa shape index (κ3) is 5.78. The van der Waals surface area contributed by atoms with Gasteiger partial charge in [0.25, 0.3) is 0 Å². The van der Waals surface area contributed by atoms with Crippen LogP contribution in [-0.4, -0.2) is 25.9 Å². The number of rotatable bonds is 9. The topological polar surface area (TPSA) is 47.6 Å². The van der Waals surface area contributed by atoms with Gasteiger partial charge in [-0.15, -0.1) is 11.8 Å². The molecule has 2 aromatic rings. The molecule has 0 aliphatic heterocycles. The summed E-state index contributed by atoms with van der Waals surface area (Å²) >= 11 is 7.33. The van der Waals surface area contributed by atoms with E-state index in [1.54, 1.807) is 26.4 Å². The van der Waals surface area contributed by atoms with E-state index in [4.69, 9.17) is 21.1 Å². The van der Waals surface area contributed by atoms with Crippen molar-refractivity contribution in [3.8, 4) is 11.5 Å². The molecular formula is C20H23ClFNO3S. The molecule has 1 amide bonds. The van der Waals surface area contributed by atoms with Crippen molar-refractivity contribution < 1.29 is 18.7 Å². The standard InChI is InChI=1S/C20H23ClFNO3S/c1-4-17(13-8-9-18(25-2)19(10-13)26-3)23-20(24)12-27-11-14-15(21)6-5-7-16(14)22/h5-10,17H,4,11-12H2,1-3H3,(H,23,24). The second-order valence-corrected chi connectivity index (χ2v) is 7.23. The van der Waals surface area contributed by atoms with E-state index in [1.165, 1.54) is 17.8 Å². The average Bonchev–Trinajstić information content (AvgIpc) is 2.67. The average molecular weight is 412 g/mol. The fraction of sp³-hybridized carbons (Fsp3) is 0.350. The first-order valence-corrected chi connectivity index (χ1v) is 10.0. The third-order valence-corrected chi connectivity index (χ3v) is 5.41. The van der Waals surface area contributed by atoms with Crippen LogP contribution in [0.25, 0.3) is 0 Å². The number of thioether (sulfide) groups is 1. The highest BCUT2D eigenvalue weighted by atomic mass is 35.5. The fourth-order valence-electron chi connectivity index (χ4n) is 2.64. The van der Waals surface area contributed by atoms with Crippen molar-refractivity contribution in [2.24, 2.45) is 0 Å². The van der Waals surface area contributed by atoms with Crippen LogP contribution in [0.4, 0.5) is 4.39 Å². The Bertz CT molecular complexity index is 768. The number of nitrogens with one attached hydrogen (secondary N) is 1. The Balaban J connectivity index is 1.95. The van der Waals surface area contributed by atoms with E-state index in [0.717, 1.165) is 12.0 Å². The molecule has 27 heavy (non-hydrogen) atoms. The molecule has 0 aliphatic carbocycles. The Labute approximate surface area is 168 Å². The van der Waals surface area contributed by atoms with Gasteiger partial charge in [-0.25, -0.2) is 4.39 Å². The minimum absolute atomic E-state index is 0.117. The molecule has 0 fully saturated rings. The van der Waals surface area contributed by atoms with Crippen LogP contribution in [0.2, 0.25) is 5.02 Å². The maximum atomic E-state index is 13.8. The van der Waals surface area contributed by atoms with Gasteiger partial charge in [-0.2, -0.15) is 0 Å². The second kappa shape index (κ2) is 10.4. The SMILES string of the molecule is CCC(NC(=O)CSCc1c(F)cccc1Cl)c1ccc(OC)c(OC)c1. The quantitative estimate of drug-likeness (QED) is 0.631. The van der Waals surface area contributed by atoms with Crippen LogP contribution >= 0.6 is 23.4 Å². The summed E-state index contributed by atoms with van der Waals surface area (Å²) in [6, 6.07) is 10.0. The number of ether oxygens (including phenoxy) is 2. The van der Waals surface area contributed by atoms with Crippen LogP contribution in [0.5, 0.6) is 11.5 Å². The van der Waals surface area contributed by atoms with Crippen LogP contribution in [0.3, 0.4) is 0 Å². The maximum Gasteiger partial charge on any atom is 0.230 e. The number of benzene rings is 2. The molecule has 0 spiro atoms. The van der Waals surface area contributed by atoms with Crippen LogP contribution < -0.4 is 14.8 Å². The molecule has 0 bridgehead atoms. The summed E-state index contributed by atoms with van der Waals surface area (Å²) in [7, 11) is 3.15. The van der Waals surface area contributed by atoms with E-state index < -0.39 is 0 Å².